The van der Waals surface area contributed by atoms with Crippen LogP contribution in [0.3, 0.4) is 0 Å². The third-order valence-electron chi connectivity index (χ3n) is 8.94. The van der Waals surface area contributed by atoms with E-state index >= 15 is 0 Å². The maximum absolute atomic E-state index is 6.72. The average molecular weight is 593 g/mol. The zero-order valence-corrected chi connectivity index (χ0v) is 25.2. The molecule has 0 atom stereocenters. The van der Waals surface area contributed by atoms with Gasteiger partial charge in [-0.05, 0) is 83.3 Å². The summed E-state index contributed by atoms with van der Waals surface area (Å²) in [6.07, 6.45) is 8.06. The predicted molar refractivity (Wildman–Crippen MR) is 192 cm³/mol. The SMILES string of the molecule is C=C(/C=C\C=C/C)c1ccc2oc3c(-c4ccc5oc6ccccc6c5c4)c4oc5ccc(-c6ccccc6)cc5c4cc3c2c1. The molecule has 3 heteroatoms. The maximum Gasteiger partial charge on any atom is 0.147 e. The molecular formula is C43H28O3. The summed E-state index contributed by atoms with van der Waals surface area (Å²) in [5.41, 5.74) is 11.2. The number of hydrogen-bond acceptors (Lipinski definition) is 3. The van der Waals surface area contributed by atoms with E-state index in [4.69, 9.17) is 13.3 Å². The minimum absolute atomic E-state index is 0.796. The van der Waals surface area contributed by atoms with Gasteiger partial charge in [0.2, 0.25) is 0 Å². The third kappa shape index (κ3) is 4.06. The Morgan fingerprint density at radius 2 is 1.11 bits per heavy atom. The van der Waals surface area contributed by atoms with Crippen molar-refractivity contribution in [3.05, 3.63) is 152 Å². The lowest BCUT2D eigenvalue weighted by atomic mass is 9.96. The molecule has 3 heterocycles. The monoisotopic (exact) mass is 592 g/mol. The highest BCUT2D eigenvalue weighted by molar-refractivity contribution is 6.23. The summed E-state index contributed by atoms with van der Waals surface area (Å²) in [6.45, 7) is 6.33. The van der Waals surface area contributed by atoms with E-state index in [9.17, 15) is 0 Å². The van der Waals surface area contributed by atoms with Crippen LogP contribution >= 0.6 is 0 Å². The van der Waals surface area contributed by atoms with Crippen molar-refractivity contribution >= 4 is 71.4 Å². The van der Waals surface area contributed by atoms with Gasteiger partial charge in [0, 0.05) is 32.3 Å². The molecule has 0 bridgehead atoms. The van der Waals surface area contributed by atoms with Crippen LogP contribution in [-0.4, -0.2) is 0 Å². The van der Waals surface area contributed by atoms with Gasteiger partial charge in [0.1, 0.15) is 33.5 Å². The van der Waals surface area contributed by atoms with Gasteiger partial charge in [-0.25, -0.2) is 0 Å². The topological polar surface area (TPSA) is 39.4 Å². The highest BCUT2D eigenvalue weighted by atomic mass is 16.3. The molecule has 0 saturated heterocycles. The van der Waals surface area contributed by atoms with Crippen LogP contribution in [0.15, 0.2) is 159 Å². The summed E-state index contributed by atoms with van der Waals surface area (Å²) in [4.78, 5) is 0. The standard InChI is InChI=1S/C43H28O3/c1-3-4-6-11-26(2)28-16-19-39-33(22-28)35-25-36-34-23-29(27-12-7-5-8-13-27)17-20-40(34)46-43(36)41(42(35)45-39)30-18-21-38-32(24-30)31-14-9-10-15-37(31)44-38/h3-25H,2H2,1H3/b4-3-,11-6-. The van der Waals surface area contributed by atoms with Gasteiger partial charge in [0.15, 0.2) is 0 Å². The number of fused-ring (bicyclic) bond motifs is 9. The summed E-state index contributed by atoms with van der Waals surface area (Å²) in [5, 5.41) is 6.34. The second kappa shape index (κ2) is 10.3. The van der Waals surface area contributed by atoms with E-state index in [-0.39, 0.29) is 0 Å². The number of hydrogen-bond donors (Lipinski definition) is 0. The molecule has 218 valence electrons. The quantitative estimate of drug-likeness (QED) is 0.187. The number of rotatable bonds is 5. The van der Waals surface area contributed by atoms with Crippen LogP contribution in [-0.2, 0) is 0 Å². The first kappa shape index (κ1) is 26.4. The van der Waals surface area contributed by atoms with Crippen molar-refractivity contribution in [1.29, 1.82) is 0 Å². The van der Waals surface area contributed by atoms with Crippen molar-refractivity contribution in [2.45, 2.75) is 6.92 Å². The average Bonchev–Trinajstić information content (AvgIpc) is 3.78. The lowest BCUT2D eigenvalue weighted by molar-refractivity contribution is 0.658. The molecule has 0 saturated carbocycles. The van der Waals surface area contributed by atoms with Crippen LogP contribution in [0, 0.1) is 0 Å². The normalized spacial score (nSPS) is 12.4. The Bertz CT molecular complexity index is 2710. The molecule has 0 aliphatic heterocycles. The highest BCUT2D eigenvalue weighted by Crippen LogP contribution is 2.46. The van der Waals surface area contributed by atoms with E-state index in [0.717, 1.165) is 93.6 Å². The third-order valence-corrected chi connectivity index (χ3v) is 8.94. The molecule has 0 aliphatic rings. The lowest BCUT2D eigenvalue weighted by Crippen LogP contribution is -1.82. The molecule has 3 aromatic heterocycles. The molecular weight excluding hydrogens is 564 g/mol. The number of furan rings is 3. The van der Waals surface area contributed by atoms with E-state index < -0.39 is 0 Å². The summed E-state index contributed by atoms with van der Waals surface area (Å²) in [5.74, 6) is 0. The fourth-order valence-electron chi connectivity index (χ4n) is 6.67. The van der Waals surface area contributed by atoms with E-state index in [1.165, 1.54) is 5.56 Å². The van der Waals surface area contributed by atoms with E-state index in [1.807, 2.05) is 67.6 Å². The first-order valence-electron chi connectivity index (χ1n) is 15.5. The van der Waals surface area contributed by atoms with Crippen molar-refractivity contribution in [2.75, 3.05) is 0 Å². The molecule has 0 radical (unpaired) electrons. The minimum Gasteiger partial charge on any atom is -0.456 e. The van der Waals surface area contributed by atoms with Gasteiger partial charge < -0.3 is 13.3 Å². The molecule has 9 rings (SSSR count). The van der Waals surface area contributed by atoms with Crippen LogP contribution in [0.4, 0.5) is 0 Å². The van der Waals surface area contributed by atoms with Gasteiger partial charge in [-0.2, -0.15) is 0 Å². The van der Waals surface area contributed by atoms with E-state index in [2.05, 4.69) is 85.4 Å². The van der Waals surface area contributed by atoms with Crippen molar-refractivity contribution in [3.8, 4) is 22.3 Å². The van der Waals surface area contributed by atoms with E-state index in [1.54, 1.807) is 0 Å². The fraction of sp³-hybridized carbons (Fsp3) is 0.0233. The zero-order valence-electron chi connectivity index (χ0n) is 25.2. The molecule has 0 fully saturated rings. The molecule has 0 aliphatic carbocycles. The summed E-state index contributed by atoms with van der Waals surface area (Å²) in [7, 11) is 0. The second-order valence-corrected chi connectivity index (χ2v) is 11.7. The molecule has 9 aromatic rings. The Balaban J connectivity index is 1.36. The van der Waals surface area contributed by atoms with Crippen LogP contribution in [0.5, 0.6) is 0 Å². The second-order valence-electron chi connectivity index (χ2n) is 11.7. The molecule has 6 aromatic carbocycles. The zero-order chi connectivity index (χ0) is 30.8. The van der Waals surface area contributed by atoms with Crippen LogP contribution in [0.25, 0.3) is 93.6 Å². The Morgan fingerprint density at radius 3 is 1.89 bits per heavy atom. The smallest absolute Gasteiger partial charge is 0.147 e. The van der Waals surface area contributed by atoms with Crippen molar-refractivity contribution in [2.24, 2.45) is 0 Å². The van der Waals surface area contributed by atoms with E-state index in [0.29, 0.717) is 0 Å². The molecule has 0 spiro atoms. The van der Waals surface area contributed by atoms with Crippen LogP contribution in [0.2, 0.25) is 0 Å². The molecule has 0 amide bonds. The minimum atomic E-state index is 0.796. The Kier molecular flexibility index (Phi) is 5.87. The predicted octanol–water partition coefficient (Wildman–Crippen LogP) is 12.9. The molecule has 0 N–H and O–H groups in total. The van der Waals surface area contributed by atoms with Gasteiger partial charge in [-0.15, -0.1) is 0 Å². The van der Waals surface area contributed by atoms with Gasteiger partial charge in [0.05, 0.1) is 5.56 Å². The van der Waals surface area contributed by atoms with Crippen LogP contribution in [0.1, 0.15) is 12.5 Å². The molecule has 0 unspecified atom stereocenters. The first-order valence-corrected chi connectivity index (χ1v) is 15.5. The number of para-hydroxylation sites is 1. The highest BCUT2D eigenvalue weighted by Gasteiger charge is 2.22. The van der Waals surface area contributed by atoms with Crippen LogP contribution < -0.4 is 0 Å². The largest absolute Gasteiger partial charge is 0.456 e. The summed E-state index contributed by atoms with van der Waals surface area (Å²) in [6, 6.07) is 40.0. The fourth-order valence-corrected chi connectivity index (χ4v) is 6.67. The van der Waals surface area contributed by atoms with Crippen molar-refractivity contribution in [1.82, 2.24) is 0 Å². The van der Waals surface area contributed by atoms with Crippen molar-refractivity contribution < 1.29 is 13.3 Å². The van der Waals surface area contributed by atoms with Gasteiger partial charge in [0.25, 0.3) is 0 Å². The summed E-state index contributed by atoms with van der Waals surface area (Å²) < 4.78 is 19.6. The lowest BCUT2D eigenvalue weighted by Gasteiger charge is -2.05. The number of allylic oxidation sites excluding steroid dienone is 5. The maximum atomic E-state index is 6.72. The van der Waals surface area contributed by atoms with Gasteiger partial charge >= 0.3 is 0 Å². The Hall–Kier alpha value is -6.06. The van der Waals surface area contributed by atoms with Gasteiger partial charge in [-0.1, -0.05) is 97.6 Å². The number of benzene rings is 6. The Morgan fingerprint density at radius 1 is 0.500 bits per heavy atom. The summed E-state index contributed by atoms with van der Waals surface area (Å²) >= 11 is 0. The first-order chi connectivity index (χ1) is 22.7. The molecule has 46 heavy (non-hydrogen) atoms. The Labute approximate surface area is 265 Å². The van der Waals surface area contributed by atoms with Gasteiger partial charge in [-0.3, -0.25) is 0 Å². The van der Waals surface area contributed by atoms with Crippen molar-refractivity contribution in [3.63, 3.8) is 0 Å². The molecule has 3 nitrogen and oxygen atoms in total.